The van der Waals surface area contributed by atoms with Crippen LogP contribution >= 0.6 is 15.9 Å². The lowest BCUT2D eigenvalue weighted by atomic mass is 10.1. The summed E-state index contributed by atoms with van der Waals surface area (Å²) in [6.45, 7) is 2.57. The van der Waals surface area contributed by atoms with E-state index in [1.54, 1.807) is 10.7 Å². The number of aryl methyl sites for hydroxylation is 1. The first-order valence-corrected chi connectivity index (χ1v) is 6.26. The maximum Gasteiger partial charge on any atom is 0.356 e. The lowest BCUT2D eigenvalue weighted by Gasteiger charge is -2.06. The molecule has 0 bridgehead atoms. The summed E-state index contributed by atoms with van der Waals surface area (Å²) < 4.78 is 6.98. The highest BCUT2D eigenvalue weighted by molar-refractivity contribution is 9.10. The van der Waals surface area contributed by atoms with Crippen LogP contribution in [-0.4, -0.2) is 22.9 Å². The Bertz CT molecular complexity index is 578. The Kier molecular flexibility index (Phi) is 3.81. The van der Waals surface area contributed by atoms with Crippen molar-refractivity contribution in [1.82, 2.24) is 9.78 Å². The average Bonchev–Trinajstić information content (AvgIpc) is 2.69. The smallest absolute Gasteiger partial charge is 0.356 e. The minimum absolute atomic E-state index is 0.388. The van der Waals surface area contributed by atoms with Gasteiger partial charge in [-0.1, -0.05) is 29.8 Å². The number of carbonyl (C=O) groups excluding carboxylic acids is 1. The van der Waals surface area contributed by atoms with Crippen molar-refractivity contribution in [2.75, 3.05) is 7.11 Å². The number of hydrogen-bond donors (Lipinski definition) is 0. The molecule has 0 aliphatic heterocycles. The van der Waals surface area contributed by atoms with Crippen molar-refractivity contribution in [3.63, 3.8) is 0 Å². The molecule has 2 aromatic rings. The van der Waals surface area contributed by atoms with Gasteiger partial charge in [0.15, 0.2) is 0 Å². The molecule has 0 aliphatic carbocycles. The summed E-state index contributed by atoms with van der Waals surface area (Å²) in [5.41, 5.74) is 2.71. The zero-order valence-corrected chi connectivity index (χ0v) is 11.8. The normalized spacial score (nSPS) is 10.4. The fourth-order valence-electron chi connectivity index (χ4n) is 1.76. The van der Waals surface area contributed by atoms with Gasteiger partial charge in [-0.05, 0) is 28.4 Å². The zero-order chi connectivity index (χ0) is 13.1. The van der Waals surface area contributed by atoms with Crippen LogP contribution in [0.15, 0.2) is 34.9 Å². The van der Waals surface area contributed by atoms with Crippen molar-refractivity contribution in [2.45, 2.75) is 13.5 Å². The fraction of sp³-hybridized carbons (Fsp3) is 0.231. The first-order valence-electron chi connectivity index (χ1n) is 5.47. The third kappa shape index (κ3) is 2.79. The third-order valence-corrected chi connectivity index (χ3v) is 2.95. The van der Waals surface area contributed by atoms with Gasteiger partial charge in [0.1, 0.15) is 10.3 Å². The van der Waals surface area contributed by atoms with Gasteiger partial charge in [0.25, 0.3) is 0 Å². The monoisotopic (exact) mass is 308 g/mol. The van der Waals surface area contributed by atoms with E-state index in [1.165, 1.54) is 12.7 Å². The molecule has 0 amide bonds. The number of esters is 1. The van der Waals surface area contributed by atoms with Gasteiger partial charge in [-0.3, -0.25) is 4.68 Å². The average molecular weight is 309 g/mol. The van der Waals surface area contributed by atoms with Crippen LogP contribution in [0.5, 0.6) is 0 Å². The van der Waals surface area contributed by atoms with Crippen LogP contribution in [0, 0.1) is 6.92 Å². The van der Waals surface area contributed by atoms with Crippen molar-refractivity contribution in [1.29, 1.82) is 0 Å². The standard InChI is InChI=1S/C13H13BrN2O2/c1-9-4-3-5-10(6-9)8-16-11(13(17)18-2)7-12(14)15-16/h3-7H,8H2,1-2H3. The van der Waals surface area contributed by atoms with Crippen LogP contribution in [0.3, 0.4) is 0 Å². The number of aromatic nitrogens is 2. The van der Waals surface area contributed by atoms with Gasteiger partial charge in [0.05, 0.1) is 13.7 Å². The Morgan fingerprint density at radius 2 is 2.22 bits per heavy atom. The third-order valence-electron chi connectivity index (χ3n) is 2.56. The topological polar surface area (TPSA) is 44.1 Å². The Morgan fingerprint density at radius 1 is 1.44 bits per heavy atom. The molecule has 0 atom stereocenters. The summed E-state index contributed by atoms with van der Waals surface area (Å²) >= 11 is 3.27. The summed E-state index contributed by atoms with van der Waals surface area (Å²) in [7, 11) is 1.36. The van der Waals surface area contributed by atoms with Gasteiger partial charge in [-0.25, -0.2) is 4.79 Å². The molecule has 0 radical (unpaired) electrons. The maximum atomic E-state index is 11.6. The van der Waals surface area contributed by atoms with Gasteiger partial charge in [0, 0.05) is 6.07 Å². The molecule has 0 saturated heterocycles. The number of halogens is 1. The zero-order valence-electron chi connectivity index (χ0n) is 10.2. The van der Waals surface area contributed by atoms with E-state index in [2.05, 4.69) is 27.1 Å². The molecule has 0 N–H and O–H groups in total. The number of rotatable bonds is 3. The molecule has 1 aromatic carbocycles. The van der Waals surface area contributed by atoms with Crippen molar-refractivity contribution in [3.05, 3.63) is 51.8 Å². The molecule has 0 fully saturated rings. The second kappa shape index (κ2) is 5.35. The quantitative estimate of drug-likeness (QED) is 0.819. The number of nitrogens with zero attached hydrogens (tertiary/aromatic N) is 2. The van der Waals surface area contributed by atoms with Crippen molar-refractivity contribution >= 4 is 21.9 Å². The van der Waals surface area contributed by atoms with E-state index in [9.17, 15) is 4.79 Å². The van der Waals surface area contributed by atoms with Crippen LogP contribution in [0.2, 0.25) is 0 Å². The van der Waals surface area contributed by atoms with E-state index < -0.39 is 0 Å². The van der Waals surface area contributed by atoms with Crippen LogP contribution < -0.4 is 0 Å². The van der Waals surface area contributed by atoms with Crippen LogP contribution in [0.1, 0.15) is 21.6 Å². The van der Waals surface area contributed by atoms with E-state index in [-0.39, 0.29) is 5.97 Å². The van der Waals surface area contributed by atoms with Crippen molar-refractivity contribution in [3.8, 4) is 0 Å². The van der Waals surface area contributed by atoms with Crippen LogP contribution in [-0.2, 0) is 11.3 Å². The summed E-state index contributed by atoms with van der Waals surface area (Å²) in [5, 5.41) is 4.24. The van der Waals surface area contributed by atoms with Crippen molar-refractivity contribution in [2.24, 2.45) is 0 Å². The van der Waals surface area contributed by atoms with Gasteiger partial charge in [0.2, 0.25) is 0 Å². The molecular weight excluding hydrogens is 296 g/mol. The SMILES string of the molecule is COC(=O)c1cc(Br)nn1Cc1cccc(C)c1. The summed E-state index contributed by atoms with van der Waals surface area (Å²) in [6.07, 6.45) is 0. The number of carbonyl (C=O) groups is 1. The molecule has 5 heteroatoms. The molecule has 94 valence electrons. The number of methoxy groups -OCH3 is 1. The van der Waals surface area contributed by atoms with Crippen molar-refractivity contribution < 1.29 is 9.53 Å². The number of ether oxygens (including phenoxy) is 1. The van der Waals surface area contributed by atoms with E-state index in [1.807, 2.05) is 25.1 Å². The molecule has 0 aliphatic rings. The van der Waals surface area contributed by atoms with Gasteiger partial charge in [-0.2, -0.15) is 5.10 Å². The lowest BCUT2D eigenvalue weighted by molar-refractivity contribution is 0.0587. The molecule has 0 saturated carbocycles. The minimum Gasteiger partial charge on any atom is -0.464 e. The van der Waals surface area contributed by atoms with E-state index in [0.29, 0.717) is 16.8 Å². The van der Waals surface area contributed by atoms with Crippen LogP contribution in [0.25, 0.3) is 0 Å². The molecule has 0 spiro atoms. The first kappa shape index (κ1) is 12.8. The molecule has 0 unspecified atom stereocenters. The maximum absolute atomic E-state index is 11.6. The molecule has 2 rings (SSSR count). The second-order valence-electron chi connectivity index (χ2n) is 3.99. The Balaban J connectivity index is 2.31. The van der Waals surface area contributed by atoms with Gasteiger partial charge < -0.3 is 4.74 Å². The fourth-order valence-corrected chi connectivity index (χ4v) is 2.17. The number of hydrogen-bond acceptors (Lipinski definition) is 3. The Labute approximate surface area is 114 Å². The molecule has 4 nitrogen and oxygen atoms in total. The number of benzene rings is 1. The molecule has 18 heavy (non-hydrogen) atoms. The highest BCUT2D eigenvalue weighted by Crippen LogP contribution is 2.14. The van der Waals surface area contributed by atoms with Gasteiger partial charge >= 0.3 is 5.97 Å². The largest absolute Gasteiger partial charge is 0.464 e. The lowest BCUT2D eigenvalue weighted by Crippen LogP contribution is -2.12. The van der Waals surface area contributed by atoms with E-state index in [4.69, 9.17) is 4.74 Å². The molecular formula is C13H13BrN2O2. The minimum atomic E-state index is -0.388. The predicted octanol–water partition coefficient (Wildman–Crippen LogP) is 2.79. The van der Waals surface area contributed by atoms with E-state index in [0.717, 1.165) is 5.56 Å². The first-order chi connectivity index (χ1) is 8.60. The molecule has 1 heterocycles. The summed E-state index contributed by atoms with van der Waals surface area (Å²) in [6, 6.07) is 9.74. The Morgan fingerprint density at radius 3 is 2.89 bits per heavy atom. The molecule has 1 aromatic heterocycles. The van der Waals surface area contributed by atoms with Crippen LogP contribution in [0.4, 0.5) is 0 Å². The summed E-state index contributed by atoms with van der Waals surface area (Å²) in [5.74, 6) is -0.388. The second-order valence-corrected chi connectivity index (χ2v) is 4.80. The highest BCUT2D eigenvalue weighted by Gasteiger charge is 2.14. The Hall–Kier alpha value is -1.62. The van der Waals surface area contributed by atoms with E-state index >= 15 is 0 Å². The summed E-state index contributed by atoms with van der Waals surface area (Å²) in [4.78, 5) is 11.6. The highest BCUT2D eigenvalue weighted by atomic mass is 79.9. The van der Waals surface area contributed by atoms with Gasteiger partial charge in [-0.15, -0.1) is 0 Å². The predicted molar refractivity (Wildman–Crippen MR) is 71.5 cm³/mol.